The van der Waals surface area contributed by atoms with Gasteiger partial charge in [0.05, 0.1) is 12.4 Å². The number of carbonyl (C=O) groups is 1. The summed E-state index contributed by atoms with van der Waals surface area (Å²) in [4.78, 5) is 26.9. The molecule has 0 aliphatic rings. The van der Waals surface area contributed by atoms with Crippen molar-refractivity contribution in [1.82, 2.24) is 4.98 Å². The Bertz CT molecular complexity index is 861. The predicted molar refractivity (Wildman–Crippen MR) is 104 cm³/mol. The van der Waals surface area contributed by atoms with E-state index in [1.807, 2.05) is 39.0 Å². The van der Waals surface area contributed by atoms with Gasteiger partial charge in [-0.2, -0.15) is 0 Å². The maximum absolute atomic E-state index is 12.2. The average molecular weight is 376 g/mol. The maximum Gasteiger partial charge on any atom is 0.237 e. The molecule has 0 aliphatic carbocycles. The minimum atomic E-state index is -1.43. The van der Waals surface area contributed by atoms with Crippen LogP contribution in [0.4, 0.5) is 5.69 Å². The number of amides is 1. The van der Waals surface area contributed by atoms with Crippen molar-refractivity contribution < 1.29 is 13.7 Å². The van der Waals surface area contributed by atoms with Crippen LogP contribution in [0.25, 0.3) is 0 Å². The van der Waals surface area contributed by atoms with Crippen LogP contribution in [0.5, 0.6) is 5.75 Å². The minimum Gasteiger partial charge on any atom is -0.488 e. The normalized spacial score (nSPS) is 11.8. The summed E-state index contributed by atoms with van der Waals surface area (Å²) in [7, 11) is -1.43. The molecule has 1 atom stereocenters. The van der Waals surface area contributed by atoms with Gasteiger partial charge in [0.25, 0.3) is 0 Å². The van der Waals surface area contributed by atoms with Crippen LogP contribution >= 0.6 is 0 Å². The molecule has 2 aromatic rings. The quantitative estimate of drug-likeness (QED) is 0.741. The first kappa shape index (κ1) is 19.9. The van der Waals surface area contributed by atoms with Gasteiger partial charge in [-0.25, -0.2) is 0 Å². The van der Waals surface area contributed by atoms with Gasteiger partial charge >= 0.3 is 0 Å². The van der Waals surface area contributed by atoms with Gasteiger partial charge in [-0.1, -0.05) is 24.6 Å². The summed E-state index contributed by atoms with van der Waals surface area (Å²) < 4.78 is 17.5. The Hall–Kier alpha value is -2.41. The number of ether oxygens (including phenoxy) is 1. The van der Waals surface area contributed by atoms with E-state index in [2.05, 4.69) is 10.3 Å². The highest BCUT2D eigenvalue weighted by molar-refractivity contribution is 7.84. The summed E-state index contributed by atoms with van der Waals surface area (Å²) in [5.74, 6) is -0.109. The summed E-state index contributed by atoms with van der Waals surface area (Å²) in [5, 5.41) is 2.77. The van der Waals surface area contributed by atoms with E-state index in [0.29, 0.717) is 18.0 Å². The lowest BCUT2D eigenvalue weighted by atomic mass is 10.1. The number of benzene rings is 1. The molecule has 0 spiro atoms. The molecule has 26 heavy (non-hydrogen) atoms. The number of carbonyl (C=O) groups excluding carboxylic acids is 1. The first-order chi connectivity index (χ1) is 12.4. The molecular weight excluding hydrogens is 352 g/mol. The van der Waals surface area contributed by atoms with Crippen molar-refractivity contribution in [1.29, 1.82) is 0 Å². The fourth-order valence-electron chi connectivity index (χ4n) is 2.42. The number of rotatable bonds is 8. The second-order valence-electron chi connectivity index (χ2n) is 6.13. The van der Waals surface area contributed by atoms with E-state index in [9.17, 15) is 13.8 Å². The van der Waals surface area contributed by atoms with Crippen molar-refractivity contribution in [3.63, 3.8) is 0 Å². The summed E-state index contributed by atoms with van der Waals surface area (Å²) in [6.45, 7) is 6.31. The topological polar surface area (TPSA) is 88.3 Å². The fraction of sp³-hybridized carbons (Fsp3) is 0.368. The molecule has 1 aromatic heterocycles. The van der Waals surface area contributed by atoms with Crippen LogP contribution in [0, 0.1) is 13.8 Å². The molecule has 1 unspecified atom stereocenters. The zero-order valence-electron chi connectivity index (χ0n) is 15.3. The molecular formula is C19H24N2O4S. The molecule has 1 amide bonds. The molecule has 0 bridgehead atoms. The summed E-state index contributed by atoms with van der Waals surface area (Å²) in [5.41, 5.74) is 3.03. The van der Waals surface area contributed by atoms with Crippen LogP contribution in [0.2, 0.25) is 0 Å². The second kappa shape index (κ2) is 9.33. The Kier molecular flexibility index (Phi) is 7.15. The highest BCUT2D eigenvalue weighted by atomic mass is 32.2. The van der Waals surface area contributed by atoms with E-state index in [0.717, 1.165) is 17.5 Å². The smallest absolute Gasteiger partial charge is 0.237 e. The number of H-pyrrole nitrogens is 1. The number of nitrogens with one attached hydrogen (secondary N) is 2. The third kappa shape index (κ3) is 5.84. The van der Waals surface area contributed by atoms with E-state index in [-0.39, 0.29) is 28.6 Å². The highest BCUT2D eigenvalue weighted by Gasteiger charge is 2.12. The van der Waals surface area contributed by atoms with Crippen LogP contribution < -0.4 is 15.5 Å². The van der Waals surface area contributed by atoms with Crippen molar-refractivity contribution in [2.24, 2.45) is 0 Å². The zero-order valence-corrected chi connectivity index (χ0v) is 16.1. The molecule has 0 aliphatic heterocycles. The molecule has 2 rings (SSSR count). The summed E-state index contributed by atoms with van der Waals surface area (Å²) >= 11 is 0. The number of hydrogen-bond acceptors (Lipinski definition) is 4. The lowest BCUT2D eigenvalue weighted by molar-refractivity contribution is -0.113. The SMILES string of the molecule is CCCOc1c[nH]c(CS(=O)CC(=O)Nc2ccc(C)cc2C)cc1=O. The molecule has 6 nitrogen and oxygen atoms in total. The van der Waals surface area contributed by atoms with Crippen molar-refractivity contribution >= 4 is 22.4 Å². The molecule has 140 valence electrons. The number of hydrogen-bond donors (Lipinski definition) is 2. The highest BCUT2D eigenvalue weighted by Crippen LogP contribution is 2.16. The van der Waals surface area contributed by atoms with Gasteiger partial charge in [0, 0.05) is 34.4 Å². The number of aromatic amines is 1. The average Bonchev–Trinajstić information content (AvgIpc) is 2.56. The van der Waals surface area contributed by atoms with E-state index in [1.165, 1.54) is 12.3 Å². The standard InChI is InChI=1S/C19H24N2O4S/c1-4-7-25-18-10-20-15(9-17(18)22)11-26(24)12-19(23)21-16-6-5-13(2)8-14(16)3/h5-6,8-10H,4,7,11-12H2,1-3H3,(H,20,22)(H,21,23). The van der Waals surface area contributed by atoms with E-state index in [1.54, 1.807) is 0 Å². The molecule has 2 N–H and O–H groups in total. The van der Waals surface area contributed by atoms with E-state index >= 15 is 0 Å². The third-order valence-corrected chi connectivity index (χ3v) is 4.88. The summed E-state index contributed by atoms with van der Waals surface area (Å²) in [6.07, 6.45) is 2.28. The Morgan fingerprint density at radius 2 is 2.04 bits per heavy atom. The van der Waals surface area contributed by atoms with Gasteiger partial charge in [-0.3, -0.25) is 13.8 Å². The second-order valence-corrected chi connectivity index (χ2v) is 7.59. The Morgan fingerprint density at radius 1 is 1.27 bits per heavy atom. The van der Waals surface area contributed by atoms with Gasteiger partial charge in [0.15, 0.2) is 5.75 Å². The van der Waals surface area contributed by atoms with Crippen molar-refractivity contribution in [3.8, 4) is 5.75 Å². The van der Waals surface area contributed by atoms with Crippen LogP contribution in [0.15, 0.2) is 35.3 Å². The molecule has 0 fully saturated rings. The first-order valence-corrected chi connectivity index (χ1v) is 9.94. The van der Waals surface area contributed by atoms with Gasteiger partial charge in [0.1, 0.15) is 5.75 Å². The van der Waals surface area contributed by atoms with Gasteiger partial charge in [0.2, 0.25) is 11.3 Å². The number of pyridine rings is 1. The monoisotopic (exact) mass is 376 g/mol. The van der Waals surface area contributed by atoms with Crippen LogP contribution in [-0.4, -0.2) is 27.5 Å². The Labute approximate surface area is 155 Å². The third-order valence-electron chi connectivity index (χ3n) is 3.66. The van der Waals surface area contributed by atoms with Crippen LogP contribution in [0.3, 0.4) is 0 Å². The number of anilines is 1. The van der Waals surface area contributed by atoms with Crippen LogP contribution in [0.1, 0.15) is 30.2 Å². The van der Waals surface area contributed by atoms with E-state index in [4.69, 9.17) is 4.74 Å². The first-order valence-electron chi connectivity index (χ1n) is 8.45. The van der Waals surface area contributed by atoms with Crippen molar-refractivity contribution in [2.45, 2.75) is 32.9 Å². The lowest BCUT2D eigenvalue weighted by Crippen LogP contribution is -2.21. The molecule has 1 aromatic carbocycles. The molecule has 0 saturated heterocycles. The fourth-order valence-corrected chi connectivity index (χ4v) is 3.40. The maximum atomic E-state index is 12.2. The minimum absolute atomic E-state index is 0.101. The van der Waals surface area contributed by atoms with Gasteiger partial charge in [-0.05, 0) is 31.9 Å². The largest absolute Gasteiger partial charge is 0.488 e. The molecule has 0 saturated carbocycles. The molecule has 1 heterocycles. The van der Waals surface area contributed by atoms with Gasteiger partial charge in [-0.15, -0.1) is 0 Å². The Morgan fingerprint density at radius 3 is 2.69 bits per heavy atom. The van der Waals surface area contributed by atoms with Crippen molar-refractivity contribution in [3.05, 3.63) is 57.5 Å². The molecule has 0 radical (unpaired) electrons. The molecule has 7 heteroatoms. The van der Waals surface area contributed by atoms with Crippen molar-refractivity contribution in [2.75, 3.05) is 17.7 Å². The Balaban J connectivity index is 1.92. The zero-order chi connectivity index (χ0) is 19.1. The van der Waals surface area contributed by atoms with Crippen LogP contribution in [-0.2, 0) is 21.3 Å². The number of aryl methyl sites for hydroxylation is 2. The number of aromatic nitrogens is 1. The summed E-state index contributed by atoms with van der Waals surface area (Å²) in [6, 6.07) is 7.08. The predicted octanol–water partition coefficient (Wildman–Crippen LogP) is 2.67. The lowest BCUT2D eigenvalue weighted by Gasteiger charge is -2.09. The van der Waals surface area contributed by atoms with E-state index < -0.39 is 10.8 Å². The van der Waals surface area contributed by atoms with Gasteiger partial charge < -0.3 is 15.0 Å².